The maximum absolute atomic E-state index is 12.1. The van der Waals surface area contributed by atoms with Crippen LogP contribution in [0, 0.1) is 46.3 Å². The van der Waals surface area contributed by atoms with Gasteiger partial charge in [-0.3, -0.25) is 4.79 Å². The molecule has 4 aliphatic carbocycles. The number of hydrogen-bond acceptors (Lipinski definition) is 2. The molecule has 4 fully saturated rings. The molecule has 2 heteroatoms. The summed E-state index contributed by atoms with van der Waals surface area (Å²) in [6.45, 7) is 11.6. The average Bonchev–Trinajstić information content (AvgIpc) is 2.98. The van der Waals surface area contributed by atoms with Crippen LogP contribution in [0.3, 0.4) is 0 Å². The standard InChI is InChI=1S/C27H46O2/c1-18(7-6-14-25(2,3)29)22-10-11-23-21-9-8-19-17-20(28)12-15-26(19,4)24(21)13-16-27(22,23)5/h18-19,21-24,29H,6-17H2,1-5H3/t18-,19?,21?,22?,23?,24?,26+,27-/m1/s1. The monoisotopic (exact) mass is 402 g/mol. The average molecular weight is 403 g/mol. The van der Waals surface area contributed by atoms with Gasteiger partial charge in [0.1, 0.15) is 5.78 Å². The van der Waals surface area contributed by atoms with Crippen LogP contribution in [-0.4, -0.2) is 16.5 Å². The summed E-state index contributed by atoms with van der Waals surface area (Å²) in [4.78, 5) is 12.1. The molecule has 4 saturated carbocycles. The van der Waals surface area contributed by atoms with Gasteiger partial charge in [0.2, 0.25) is 0 Å². The van der Waals surface area contributed by atoms with E-state index in [1.165, 1.54) is 44.9 Å². The van der Waals surface area contributed by atoms with E-state index in [2.05, 4.69) is 20.8 Å². The molecule has 0 aromatic carbocycles. The zero-order valence-electron chi connectivity index (χ0n) is 19.8. The summed E-state index contributed by atoms with van der Waals surface area (Å²) in [5.74, 6) is 5.56. The quantitative estimate of drug-likeness (QED) is 0.549. The number of carbonyl (C=O) groups excluding carboxylic acids is 1. The predicted molar refractivity (Wildman–Crippen MR) is 120 cm³/mol. The van der Waals surface area contributed by atoms with E-state index in [1.807, 2.05) is 13.8 Å². The van der Waals surface area contributed by atoms with Crippen LogP contribution in [0.25, 0.3) is 0 Å². The number of rotatable bonds is 5. The van der Waals surface area contributed by atoms with Gasteiger partial charge in [0.05, 0.1) is 5.60 Å². The second-order valence-corrected chi connectivity index (χ2v) is 12.8. The molecule has 0 spiro atoms. The minimum absolute atomic E-state index is 0.439. The van der Waals surface area contributed by atoms with Gasteiger partial charge in [0.15, 0.2) is 0 Å². The third-order valence-corrected chi connectivity index (χ3v) is 10.7. The Morgan fingerprint density at radius 1 is 1.03 bits per heavy atom. The van der Waals surface area contributed by atoms with Crippen molar-refractivity contribution in [1.29, 1.82) is 0 Å². The van der Waals surface area contributed by atoms with E-state index in [0.29, 0.717) is 22.5 Å². The number of carbonyl (C=O) groups is 1. The summed E-state index contributed by atoms with van der Waals surface area (Å²) in [6.07, 6.45) is 14.6. The van der Waals surface area contributed by atoms with Gasteiger partial charge in [-0.25, -0.2) is 0 Å². The normalized spacial score (nSPS) is 46.0. The zero-order chi connectivity index (χ0) is 21.0. The molecule has 1 N–H and O–H groups in total. The van der Waals surface area contributed by atoms with Gasteiger partial charge in [-0.05, 0) is 112 Å². The topological polar surface area (TPSA) is 37.3 Å². The maximum atomic E-state index is 12.1. The van der Waals surface area contributed by atoms with Crippen molar-refractivity contribution in [3.05, 3.63) is 0 Å². The minimum atomic E-state index is -0.518. The van der Waals surface area contributed by atoms with Crippen LogP contribution < -0.4 is 0 Å². The number of fused-ring (bicyclic) bond motifs is 5. The summed E-state index contributed by atoms with van der Waals surface area (Å²) < 4.78 is 0. The van der Waals surface area contributed by atoms with Gasteiger partial charge in [-0.1, -0.05) is 33.6 Å². The Balaban J connectivity index is 1.45. The highest BCUT2D eigenvalue weighted by molar-refractivity contribution is 5.79. The third-order valence-electron chi connectivity index (χ3n) is 10.7. The Bertz CT molecular complexity index is 619. The first-order valence-electron chi connectivity index (χ1n) is 12.8. The van der Waals surface area contributed by atoms with Crippen LogP contribution >= 0.6 is 0 Å². The summed E-state index contributed by atoms with van der Waals surface area (Å²) >= 11 is 0. The molecule has 0 bridgehead atoms. The van der Waals surface area contributed by atoms with Crippen molar-refractivity contribution in [3.8, 4) is 0 Å². The van der Waals surface area contributed by atoms with Crippen LogP contribution in [-0.2, 0) is 4.79 Å². The lowest BCUT2D eigenvalue weighted by Crippen LogP contribution is -2.53. The van der Waals surface area contributed by atoms with Crippen molar-refractivity contribution >= 4 is 5.78 Å². The summed E-state index contributed by atoms with van der Waals surface area (Å²) in [5.41, 5.74) is 0.451. The van der Waals surface area contributed by atoms with E-state index < -0.39 is 5.60 Å². The van der Waals surface area contributed by atoms with Crippen LogP contribution in [0.5, 0.6) is 0 Å². The highest BCUT2D eigenvalue weighted by atomic mass is 16.3. The van der Waals surface area contributed by atoms with Crippen molar-refractivity contribution in [2.75, 3.05) is 0 Å². The first kappa shape index (κ1) is 21.8. The predicted octanol–water partition coefficient (Wildman–Crippen LogP) is 6.79. The highest BCUT2D eigenvalue weighted by Gasteiger charge is 2.60. The smallest absolute Gasteiger partial charge is 0.133 e. The lowest BCUT2D eigenvalue weighted by molar-refractivity contribution is -0.140. The van der Waals surface area contributed by atoms with Crippen LogP contribution in [0.2, 0.25) is 0 Å². The van der Waals surface area contributed by atoms with Crippen LogP contribution in [0.1, 0.15) is 112 Å². The molecule has 0 heterocycles. The van der Waals surface area contributed by atoms with Gasteiger partial charge in [-0.15, -0.1) is 0 Å². The molecular weight excluding hydrogens is 356 g/mol. The Morgan fingerprint density at radius 3 is 2.48 bits per heavy atom. The molecule has 8 atom stereocenters. The number of ketones is 1. The Kier molecular flexibility index (Phi) is 5.76. The second-order valence-electron chi connectivity index (χ2n) is 12.8. The molecule has 4 rings (SSSR count). The number of Topliss-reactive ketones (excluding diaryl/α,β-unsaturated/α-hetero) is 1. The molecule has 0 aliphatic heterocycles. The molecule has 0 radical (unpaired) electrons. The van der Waals surface area contributed by atoms with Crippen molar-refractivity contribution in [3.63, 3.8) is 0 Å². The van der Waals surface area contributed by atoms with Crippen LogP contribution in [0.15, 0.2) is 0 Å². The van der Waals surface area contributed by atoms with Crippen molar-refractivity contribution in [2.24, 2.45) is 46.3 Å². The van der Waals surface area contributed by atoms with Crippen LogP contribution in [0.4, 0.5) is 0 Å². The summed E-state index contributed by atoms with van der Waals surface area (Å²) in [5, 5.41) is 10.1. The molecule has 0 amide bonds. The molecule has 29 heavy (non-hydrogen) atoms. The second kappa shape index (κ2) is 7.64. The van der Waals surface area contributed by atoms with Gasteiger partial charge in [-0.2, -0.15) is 0 Å². The molecule has 0 saturated heterocycles. The van der Waals surface area contributed by atoms with E-state index >= 15 is 0 Å². The Hall–Kier alpha value is -0.370. The zero-order valence-corrected chi connectivity index (χ0v) is 19.8. The fourth-order valence-corrected chi connectivity index (χ4v) is 9.08. The summed E-state index contributed by atoms with van der Waals surface area (Å²) in [6, 6.07) is 0. The number of hydrogen-bond donors (Lipinski definition) is 1. The third kappa shape index (κ3) is 3.85. The first-order valence-corrected chi connectivity index (χ1v) is 12.8. The highest BCUT2D eigenvalue weighted by Crippen LogP contribution is 2.68. The van der Waals surface area contributed by atoms with Crippen molar-refractivity contribution in [1.82, 2.24) is 0 Å². The molecule has 5 unspecified atom stereocenters. The van der Waals surface area contributed by atoms with Gasteiger partial charge in [0.25, 0.3) is 0 Å². The maximum Gasteiger partial charge on any atom is 0.133 e. The fraction of sp³-hybridized carbons (Fsp3) is 0.963. The molecular formula is C27H46O2. The van der Waals surface area contributed by atoms with E-state index in [4.69, 9.17) is 0 Å². The lowest BCUT2D eigenvalue weighted by atomic mass is 9.44. The SMILES string of the molecule is C[C@H](CCCC(C)(C)O)C1CCC2C3CCC4CC(=O)CC[C@]4(C)C3CC[C@@]21C. The molecule has 166 valence electrons. The van der Waals surface area contributed by atoms with E-state index in [0.717, 1.165) is 61.7 Å². The van der Waals surface area contributed by atoms with E-state index in [-0.39, 0.29) is 0 Å². The summed E-state index contributed by atoms with van der Waals surface area (Å²) in [7, 11) is 0. The van der Waals surface area contributed by atoms with E-state index in [1.54, 1.807) is 0 Å². The van der Waals surface area contributed by atoms with Crippen molar-refractivity contribution in [2.45, 2.75) is 117 Å². The molecule has 0 aromatic rings. The number of aliphatic hydroxyl groups is 1. The Labute approximate surface area is 179 Å². The van der Waals surface area contributed by atoms with Crippen molar-refractivity contribution < 1.29 is 9.90 Å². The molecule has 2 nitrogen and oxygen atoms in total. The Morgan fingerprint density at radius 2 is 1.76 bits per heavy atom. The molecule has 0 aromatic heterocycles. The minimum Gasteiger partial charge on any atom is -0.390 e. The van der Waals surface area contributed by atoms with Gasteiger partial charge < -0.3 is 5.11 Å². The fourth-order valence-electron chi connectivity index (χ4n) is 9.08. The van der Waals surface area contributed by atoms with Gasteiger partial charge >= 0.3 is 0 Å². The molecule has 4 aliphatic rings. The van der Waals surface area contributed by atoms with Gasteiger partial charge in [0, 0.05) is 12.8 Å². The largest absolute Gasteiger partial charge is 0.390 e. The lowest BCUT2D eigenvalue weighted by Gasteiger charge is -2.60. The van der Waals surface area contributed by atoms with E-state index in [9.17, 15) is 9.90 Å². The first-order chi connectivity index (χ1) is 13.5.